The summed E-state index contributed by atoms with van der Waals surface area (Å²) in [6.07, 6.45) is -0.568. The zero-order chi connectivity index (χ0) is 10.3. The molecule has 6 nitrogen and oxygen atoms in total. The Hall–Kier alpha value is 0.0300. The molecule has 0 fully saturated rings. The lowest BCUT2D eigenvalue weighted by Gasteiger charge is -2.13. The van der Waals surface area contributed by atoms with Gasteiger partial charge in [-0.05, 0) is 6.42 Å². The Morgan fingerprint density at radius 3 is 2.54 bits per heavy atom. The van der Waals surface area contributed by atoms with Crippen molar-refractivity contribution in [3.8, 4) is 0 Å². The minimum Gasteiger partial charge on any atom is -0.394 e. The predicted octanol–water partition coefficient (Wildman–Crippen LogP) is -0.117. The molecule has 2 unspecified atom stereocenters. The van der Waals surface area contributed by atoms with Crippen molar-refractivity contribution in [1.29, 1.82) is 0 Å². The molecule has 0 aromatic carbocycles. The highest BCUT2D eigenvalue weighted by Crippen LogP contribution is 2.43. The lowest BCUT2D eigenvalue weighted by Crippen LogP contribution is -2.18. The van der Waals surface area contributed by atoms with Gasteiger partial charge in [0, 0.05) is 0 Å². The second-order valence-corrected chi connectivity index (χ2v) is 3.89. The van der Waals surface area contributed by atoms with E-state index in [0.717, 1.165) is 0 Å². The van der Waals surface area contributed by atoms with E-state index in [1.807, 2.05) is 0 Å². The highest BCUT2D eigenvalue weighted by Gasteiger charge is 2.21. The van der Waals surface area contributed by atoms with Gasteiger partial charge in [-0.25, -0.2) is 4.57 Å². The second-order valence-electron chi connectivity index (χ2n) is 2.43. The number of hydrogen-bond donors (Lipinski definition) is 3. The van der Waals surface area contributed by atoms with Crippen LogP contribution in [0.4, 0.5) is 0 Å². The van der Waals surface area contributed by atoms with Crippen LogP contribution in [0.2, 0.25) is 0 Å². The fourth-order valence-corrected chi connectivity index (χ4v) is 1.33. The third-order valence-electron chi connectivity index (χ3n) is 1.10. The van der Waals surface area contributed by atoms with Crippen LogP contribution < -0.4 is 0 Å². The molecule has 0 amide bonds. The summed E-state index contributed by atoms with van der Waals surface area (Å²) in [6.45, 7) is 0.952. The first-order valence-electron chi connectivity index (χ1n) is 3.92. The van der Waals surface area contributed by atoms with E-state index in [-0.39, 0.29) is 6.61 Å². The largest absolute Gasteiger partial charge is 0.472 e. The minimum atomic E-state index is -4.05. The molecule has 0 spiro atoms. The third kappa shape index (κ3) is 7.13. The zero-order valence-corrected chi connectivity index (χ0v) is 8.31. The zero-order valence-electron chi connectivity index (χ0n) is 7.42. The van der Waals surface area contributed by atoms with Crippen LogP contribution in [0, 0.1) is 0 Å². The van der Waals surface area contributed by atoms with Gasteiger partial charge in [0.25, 0.3) is 0 Å². The van der Waals surface area contributed by atoms with Crippen molar-refractivity contribution in [2.45, 2.75) is 19.4 Å². The van der Waals surface area contributed by atoms with Gasteiger partial charge in [-0.2, -0.15) is 0 Å². The Kier molecular flexibility index (Phi) is 6.49. The molecule has 0 saturated heterocycles. The molecule has 0 aliphatic rings. The lowest BCUT2D eigenvalue weighted by atomic mass is 10.4. The van der Waals surface area contributed by atoms with E-state index in [9.17, 15) is 4.57 Å². The van der Waals surface area contributed by atoms with Gasteiger partial charge in [-0.1, -0.05) is 6.92 Å². The van der Waals surface area contributed by atoms with E-state index in [1.165, 1.54) is 0 Å². The van der Waals surface area contributed by atoms with Gasteiger partial charge in [0.05, 0.1) is 19.8 Å². The van der Waals surface area contributed by atoms with Crippen molar-refractivity contribution in [3.05, 3.63) is 0 Å². The first kappa shape index (κ1) is 13.0. The first-order chi connectivity index (χ1) is 6.02. The van der Waals surface area contributed by atoms with Crippen molar-refractivity contribution < 1.29 is 28.7 Å². The Labute approximate surface area is 76.7 Å². The van der Waals surface area contributed by atoms with E-state index >= 15 is 0 Å². The standard InChI is InChI=1S/C6H15O6P/c1-2-3-11-13(9,10)12-5-6(8)4-7/h6-8H,2-5H2,1H3,(H,9,10). The predicted molar refractivity (Wildman–Crippen MR) is 45.1 cm³/mol. The molecule has 13 heavy (non-hydrogen) atoms. The van der Waals surface area contributed by atoms with Crippen LogP contribution in [0.25, 0.3) is 0 Å². The number of hydrogen-bond acceptors (Lipinski definition) is 5. The molecule has 0 rings (SSSR count). The monoisotopic (exact) mass is 214 g/mol. The number of phosphoric ester groups is 1. The molecule has 0 aliphatic carbocycles. The first-order valence-corrected chi connectivity index (χ1v) is 5.42. The highest BCUT2D eigenvalue weighted by atomic mass is 31.2. The second kappa shape index (κ2) is 6.48. The molecule has 0 aromatic heterocycles. The van der Waals surface area contributed by atoms with Crippen LogP contribution in [-0.4, -0.2) is 41.0 Å². The van der Waals surface area contributed by atoms with E-state index in [2.05, 4.69) is 9.05 Å². The summed E-state index contributed by atoms with van der Waals surface area (Å²) < 4.78 is 19.7. The van der Waals surface area contributed by atoms with E-state index < -0.39 is 27.1 Å². The van der Waals surface area contributed by atoms with Crippen LogP contribution in [-0.2, 0) is 13.6 Å². The van der Waals surface area contributed by atoms with Crippen LogP contribution in [0.3, 0.4) is 0 Å². The molecule has 80 valence electrons. The summed E-state index contributed by atoms with van der Waals surface area (Å²) in [6, 6.07) is 0. The van der Waals surface area contributed by atoms with Gasteiger partial charge in [0.15, 0.2) is 0 Å². The Morgan fingerprint density at radius 1 is 1.46 bits per heavy atom. The highest BCUT2D eigenvalue weighted by molar-refractivity contribution is 7.47. The van der Waals surface area contributed by atoms with Gasteiger partial charge in [-0.15, -0.1) is 0 Å². The van der Waals surface area contributed by atoms with Gasteiger partial charge in [0.1, 0.15) is 6.10 Å². The number of rotatable bonds is 7. The normalized spacial score (nSPS) is 18.2. The quantitative estimate of drug-likeness (QED) is 0.511. The van der Waals surface area contributed by atoms with Crippen molar-refractivity contribution in [2.24, 2.45) is 0 Å². The molecule has 0 aliphatic heterocycles. The van der Waals surface area contributed by atoms with Crippen LogP contribution >= 0.6 is 7.82 Å². The average Bonchev–Trinajstić information content (AvgIpc) is 2.11. The van der Waals surface area contributed by atoms with Gasteiger partial charge in [-0.3, -0.25) is 9.05 Å². The molecule has 0 radical (unpaired) electrons. The van der Waals surface area contributed by atoms with E-state index in [1.54, 1.807) is 6.92 Å². The average molecular weight is 214 g/mol. The van der Waals surface area contributed by atoms with Crippen LogP contribution in [0.15, 0.2) is 0 Å². The van der Waals surface area contributed by atoms with Gasteiger partial charge >= 0.3 is 7.82 Å². The molecular weight excluding hydrogens is 199 g/mol. The molecule has 0 heterocycles. The fraction of sp³-hybridized carbons (Fsp3) is 1.00. The summed E-state index contributed by atoms with van der Waals surface area (Å²) in [5, 5.41) is 17.1. The van der Waals surface area contributed by atoms with Crippen molar-refractivity contribution in [3.63, 3.8) is 0 Å². The molecule has 0 bridgehead atoms. The molecular formula is C6H15O6P. The summed E-state index contributed by atoms with van der Waals surface area (Å²) in [4.78, 5) is 8.91. The van der Waals surface area contributed by atoms with E-state index in [0.29, 0.717) is 6.42 Å². The number of phosphoric acid groups is 1. The molecule has 0 aromatic rings. The van der Waals surface area contributed by atoms with Crippen LogP contribution in [0.5, 0.6) is 0 Å². The fourth-order valence-electron chi connectivity index (χ4n) is 0.477. The summed E-state index contributed by atoms with van der Waals surface area (Å²) in [5.41, 5.74) is 0. The van der Waals surface area contributed by atoms with Crippen LogP contribution in [0.1, 0.15) is 13.3 Å². The Balaban J connectivity index is 3.68. The number of aliphatic hydroxyl groups is 2. The summed E-state index contributed by atoms with van der Waals surface area (Å²) >= 11 is 0. The smallest absolute Gasteiger partial charge is 0.394 e. The SMILES string of the molecule is CCCOP(=O)(O)OCC(O)CO. The van der Waals surface area contributed by atoms with Gasteiger partial charge < -0.3 is 15.1 Å². The molecule has 7 heteroatoms. The van der Waals surface area contributed by atoms with Crippen molar-refractivity contribution in [2.75, 3.05) is 19.8 Å². The maximum Gasteiger partial charge on any atom is 0.472 e. The molecule has 2 atom stereocenters. The Bertz CT molecular complexity index is 173. The lowest BCUT2D eigenvalue weighted by molar-refractivity contribution is 0.0363. The maximum absolute atomic E-state index is 10.9. The topological polar surface area (TPSA) is 96.2 Å². The maximum atomic E-state index is 10.9. The van der Waals surface area contributed by atoms with Crippen molar-refractivity contribution >= 4 is 7.82 Å². The summed E-state index contributed by atoms with van der Waals surface area (Å²) in [5.74, 6) is 0. The number of aliphatic hydroxyl groups excluding tert-OH is 2. The Morgan fingerprint density at radius 2 is 2.08 bits per heavy atom. The minimum absolute atomic E-state index is 0.114. The van der Waals surface area contributed by atoms with Gasteiger partial charge in [0.2, 0.25) is 0 Å². The third-order valence-corrected chi connectivity index (χ3v) is 2.08. The molecule has 3 N–H and O–H groups in total. The van der Waals surface area contributed by atoms with E-state index in [4.69, 9.17) is 15.1 Å². The summed E-state index contributed by atoms with van der Waals surface area (Å²) in [7, 11) is -4.05. The molecule has 0 saturated carbocycles. The van der Waals surface area contributed by atoms with Crippen molar-refractivity contribution in [1.82, 2.24) is 0 Å².